The van der Waals surface area contributed by atoms with Crippen LogP contribution in [0.15, 0.2) is 34.8 Å². The quantitative estimate of drug-likeness (QED) is 0.768. The molecule has 1 saturated heterocycles. The summed E-state index contributed by atoms with van der Waals surface area (Å²) in [5.74, 6) is 0.447. The lowest BCUT2D eigenvalue weighted by molar-refractivity contribution is 0.0598. The molecule has 1 aromatic rings. The lowest BCUT2D eigenvalue weighted by Gasteiger charge is -2.31. The van der Waals surface area contributed by atoms with Gasteiger partial charge in [-0.1, -0.05) is 0 Å². The van der Waals surface area contributed by atoms with E-state index in [9.17, 15) is 0 Å². The van der Waals surface area contributed by atoms with Crippen LogP contribution in [0, 0.1) is 5.92 Å². The third kappa shape index (κ3) is 2.13. The van der Waals surface area contributed by atoms with Gasteiger partial charge >= 0.3 is 0 Å². The Morgan fingerprint density at radius 1 is 1.33 bits per heavy atom. The number of nitrogens with zero attached hydrogens (tertiary/aromatic N) is 4. The molecule has 6 heteroatoms. The zero-order valence-electron chi connectivity index (χ0n) is 9.90. The molecule has 0 radical (unpaired) electrons. The number of azo groups is 1. The summed E-state index contributed by atoms with van der Waals surface area (Å²) in [6.45, 7) is 1.59. The summed E-state index contributed by atoms with van der Waals surface area (Å²) in [5, 5.41) is 8.92. The Morgan fingerprint density at radius 2 is 2.17 bits per heavy atom. The van der Waals surface area contributed by atoms with Crippen LogP contribution in [0.1, 0.15) is 12.8 Å². The molecule has 1 unspecified atom stereocenters. The average molecular weight is 262 g/mol. The molecule has 0 bridgehead atoms. The SMILES string of the molecule is S=C1N=NC(C2CCOCC2)N1c1cccnc1. The highest BCUT2D eigenvalue weighted by atomic mass is 32.1. The van der Waals surface area contributed by atoms with E-state index in [-0.39, 0.29) is 6.17 Å². The van der Waals surface area contributed by atoms with Gasteiger partial charge in [0.15, 0.2) is 6.17 Å². The second kappa shape index (κ2) is 5.07. The molecule has 2 aliphatic heterocycles. The number of thiocarbonyl (C=S) groups is 1. The largest absolute Gasteiger partial charge is 0.381 e. The molecule has 1 atom stereocenters. The van der Waals surface area contributed by atoms with Gasteiger partial charge in [0.2, 0.25) is 5.11 Å². The first-order valence-electron chi connectivity index (χ1n) is 6.08. The van der Waals surface area contributed by atoms with E-state index < -0.39 is 0 Å². The Kier molecular flexibility index (Phi) is 3.29. The van der Waals surface area contributed by atoms with Crippen LogP contribution in [-0.2, 0) is 4.74 Å². The number of hydrogen-bond acceptors (Lipinski definition) is 4. The number of rotatable bonds is 2. The van der Waals surface area contributed by atoms with Gasteiger partial charge in [-0.25, -0.2) is 0 Å². The van der Waals surface area contributed by atoms with Crippen molar-refractivity contribution in [2.45, 2.75) is 19.0 Å². The summed E-state index contributed by atoms with van der Waals surface area (Å²) in [6.07, 6.45) is 5.56. The van der Waals surface area contributed by atoms with Crippen molar-refractivity contribution < 1.29 is 4.74 Å². The first kappa shape index (κ1) is 11.7. The van der Waals surface area contributed by atoms with Gasteiger partial charge in [0.25, 0.3) is 0 Å². The van der Waals surface area contributed by atoms with E-state index in [4.69, 9.17) is 17.0 Å². The van der Waals surface area contributed by atoms with Gasteiger partial charge in [0, 0.05) is 25.3 Å². The molecule has 5 nitrogen and oxygen atoms in total. The van der Waals surface area contributed by atoms with Crippen molar-refractivity contribution in [3.63, 3.8) is 0 Å². The maximum atomic E-state index is 5.39. The Balaban J connectivity index is 1.85. The van der Waals surface area contributed by atoms with Crippen LogP contribution in [0.2, 0.25) is 0 Å². The van der Waals surface area contributed by atoms with Crippen LogP contribution in [0.25, 0.3) is 0 Å². The molecule has 3 heterocycles. The maximum absolute atomic E-state index is 5.39. The minimum Gasteiger partial charge on any atom is -0.381 e. The van der Waals surface area contributed by atoms with Gasteiger partial charge in [-0.2, -0.15) is 5.11 Å². The minimum absolute atomic E-state index is 0.00519. The molecule has 0 saturated carbocycles. The molecule has 1 aromatic heterocycles. The van der Waals surface area contributed by atoms with Gasteiger partial charge in [0.05, 0.1) is 11.9 Å². The second-order valence-corrected chi connectivity index (χ2v) is 4.81. The zero-order valence-corrected chi connectivity index (χ0v) is 10.7. The van der Waals surface area contributed by atoms with Crippen LogP contribution in [0.4, 0.5) is 5.69 Å². The van der Waals surface area contributed by atoms with E-state index in [2.05, 4.69) is 15.2 Å². The highest BCUT2D eigenvalue weighted by Gasteiger charge is 2.35. The van der Waals surface area contributed by atoms with Crippen molar-refractivity contribution >= 4 is 23.0 Å². The normalized spacial score (nSPS) is 24.8. The smallest absolute Gasteiger partial charge is 0.222 e. The first-order chi connectivity index (χ1) is 8.86. The number of aromatic nitrogens is 1. The predicted molar refractivity (Wildman–Crippen MR) is 71.5 cm³/mol. The molecule has 3 rings (SSSR count). The third-order valence-corrected chi connectivity index (χ3v) is 3.62. The van der Waals surface area contributed by atoms with Gasteiger partial charge in [0.1, 0.15) is 0 Å². The van der Waals surface area contributed by atoms with Gasteiger partial charge in [-0.3, -0.25) is 9.88 Å². The Hall–Kier alpha value is -1.40. The summed E-state index contributed by atoms with van der Waals surface area (Å²) >= 11 is 5.28. The lowest BCUT2D eigenvalue weighted by Crippen LogP contribution is -2.40. The first-order valence-corrected chi connectivity index (χ1v) is 6.49. The van der Waals surface area contributed by atoms with Crippen LogP contribution in [0.5, 0.6) is 0 Å². The fourth-order valence-electron chi connectivity index (χ4n) is 2.40. The van der Waals surface area contributed by atoms with Crippen molar-refractivity contribution in [3.05, 3.63) is 24.5 Å². The van der Waals surface area contributed by atoms with E-state index in [1.54, 1.807) is 12.4 Å². The highest BCUT2D eigenvalue weighted by molar-refractivity contribution is 7.80. The van der Waals surface area contributed by atoms with E-state index in [0.29, 0.717) is 11.0 Å². The fraction of sp³-hybridized carbons (Fsp3) is 0.500. The predicted octanol–water partition coefficient (Wildman–Crippen LogP) is 2.39. The summed E-state index contributed by atoms with van der Waals surface area (Å²) in [4.78, 5) is 6.13. The topological polar surface area (TPSA) is 50.1 Å². The second-order valence-electron chi connectivity index (χ2n) is 4.44. The van der Waals surface area contributed by atoms with Crippen LogP contribution in [0.3, 0.4) is 0 Å². The summed E-state index contributed by atoms with van der Waals surface area (Å²) in [6, 6.07) is 3.89. The number of ether oxygens (including phenoxy) is 1. The number of hydrogen-bond donors (Lipinski definition) is 0. The van der Waals surface area contributed by atoms with Crippen molar-refractivity contribution in [3.8, 4) is 0 Å². The summed E-state index contributed by atoms with van der Waals surface area (Å²) in [7, 11) is 0. The van der Waals surface area contributed by atoms with E-state index in [0.717, 1.165) is 31.7 Å². The number of pyridine rings is 1. The standard InChI is InChI=1S/C12H14N4OS/c18-12-15-14-11(9-3-6-17-7-4-9)16(12)10-2-1-5-13-8-10/h1-2,5,8-9,11H,3-4,6-7H2. The molecule has 18 heavy (non-hydrogen) atoms. The zero-order chi connectivity index (χ0) is 12.4. The van der Waals surface area contributed by atoms with Gasteiger partial charge in [-0.05, 0) is 37.2 Å². The molecule has 0 aromatic carbocycles. The van der Waals surface area contributed by atoms with Gasteiger partial charge in [-0.15, -0.1) is 5.11 Å². The number of anilines is 1. The molecule has 0 N–H and O–H groups in total. The molecular formula is C12H14N4OS. The molecule has 0 spiro atoms. The van der Waals surface area contributed by atoms with Crippen molar-refractivity contribution in [2.24, 2.45) is 16.1 Å². The Bertz CT molecular complexity index is 458. The third-order valence-electron chi connectivity index (χ3n) is 3.34. The van der Waals surface area contributed by atoms with Crippen LogP contribution >= 0.6 is 12.2 Å². The summed E-state index contributed by atoms with van der Waals surface area (Å²) < 4.78 is 5.39. The van der Waals surface area contributed by atoms with Crippen molar-refractivity contribution in [1.82, 2.24) is 4.98 Å². The lowest BCUT2D eigenvalue weighted by atomic mass is 9.96. The average Bonchev–Trinajstić information content (AvgIpc) is 2.83. The molecular weight excluding hydrogens is 248 g/mol. The summed E-state index contributed by atoms with van der Waals surface area (Å²) in [5.41, 5.74) is 0.962. The van der Waals surface area contributed by atoms with E-state index >= 15 is 0 Å². The Labute approximate surface area is 111 Å². The highest BCUT2D eigenvalue weighted by Crippen LogP contribution is 2.31. The van der Waals surface area contributed by atoms with Crippen molar-refractivity contribution in [2.75, 3.05) is 18.1 Å². The monoisotopic (exact) mass is 262 g/mol. The maximum Gasteiger partial charge on any atom is 0.222 e. The molecule has 0 aliphatic carbocycles. The van der Waals surface area contributed by atoms with Gasteiger partial charge < -0.3 is 4.74 Å². The molecule has 94 valence electrons. The molecule has 2 aliphatic rings. The van der Waals surface area contributed by atoms with E-state index in [1.165, 1.54) is 0 Å². The Morgan fingerprint density at radius 3 is 2.89 bits per heavy atom. The van der Waals surface area contributed by atoms with Crippen LogP contribution in [-0.4, -0.2) is 29.5 Å². The molecule has 0 amide bonds. The van der Waals surface area contributed by atoms with E-state index in [1.807, 2.05) is 17.0 Å². The molecule has 1 fully saturated rings. The van der Waals surface area contributed by atoms with Crippen molar-refractivity contribution in [1.29, 1.82) is 0 Å². The fourth-order valence-corrected chi connectivity index (χ4v) is 2.66. The van der Waals surface area contributed by atoms with Crippen LogP contribution < -0.4 is 4.90 Å². The minimum atomic E-state index is 0.00519.